The van der Waals surface area contributed by atoms with Gasteiger partial charge in [-0.1, -0.05) is 56.4 Å². The maximum absolute atomic E-state index is 14.6. The maximum Gasteiger partial charge on any atom is 0.328 e. The third-order valence-corrected chi connectivity index (χ3v) is 9.14. The summed E-state index contributed by atoms with van der Waals surface area (Å²) in [5, 5.41) is 29.6. The lowest BCUT2D eigenvalue weighted by molar-refractivity contribution is -0.180. The lowest BCUT2D eigenvalue weighted by atomic mass is 9.43. The highest BCUT2D eigenvalue weighted by atomic mass is 16.6. The van der Waals surface area contributed by atoms with Crippen LogP contribution >= 0.6 is 0 Å². The summed E-state index contributed by atoms with van der Waals surface area (Å²) in [7, 11) is 0. The average molecular weight is 543 g/mol. The molecule has 2 unspecified atom stereocenters. The first-order chi connectivity index (χ1) is 18.4. The van der Waals surface area contributed by atoms with Crippen LogP contribution in [0.3, 0.4) is 0 Å². The topological polar surface area (TPSA) is 164 Å². The van der Waals surface area contributed by atoms with Crippen LogP contribution in [0.4, 0.5) is 0 Å². The smallest absolute Gasteiger partial charge is 0.328 e. The number of carbonyl (C=O) groups is 5. The number of fused-ring (bicyclic) bond motifs is 3. The monoisotopic (exact) mass is 542 g/mol. The molecule has 3 aliphatic carbocycles. The van der Waals surface area contributed by atoms with Crippen LogP contribution < -0.4 is 0 Å². The minimum absolute atomic E-state index is 0.236. The van der Waals surface area contributed by atoms with Crippen molar-refractivity contribution in [1.29, 1.82) is 0 Å². The normalized spacial score (nSPS) is 41.8. The summed E-state index contributed by atoms with van der Waals surface area (Å²) in [5.74, 6) is -6.68. The van der Waals surface area contributed by atoms with Gasteiger partial charge < -0.3 is 24.8 Å². The predicted octanol–water partition coefficient (Wildman–Crippen LogP) is 1.56. The van der Waals surface area contributed by atoms with E-state index in [0.717, 1.165) is 6.08 Å². The Morgan fingerprint density at radius 1 is 1.13 bits per heavy atom. The van der Waals surface area contributed by atoms with Crippen LogP contribution in [-0.2, 0) is 33.4 Å². The molecule has 10 nitrogen and oxygen atoms in total. The van der Waals surface area contributed by atoms with E-state index in [4.69, 9.17) is 14.6 Å². The molecule has 0 radical (unpaired) electrons. The van der Waals surface area contributed by atoms with Crippen molar-refractivity contribution in [2.24, 2.45) is 40.4 Å². The van der Waals surface area contributed by atoms with Crippen LogP contribution in [-0.4, -0.2) is 69.7 Å². The van der Waals surface area contributed by atoms with Gasteiger partial charge in [-0.2, -0.15) is 0 Å². The van der Waals surface area contributed by atoms with Crippen molar-refractivity contribution in [2.75, 3.05) is 6.61 Å². The number of carboxylic acid groups (broad SMARTS) is 1. The third kappa shape index (κ3) is 4.49. The molecule has 1 aliphatic heterocycles. The van der Waals surface area contributed by atoms with Gasteiger partial charge in [-0.15, -0.1) is 0 Å². The van der Waals surface area contributed by atoms with Crippen molar-refractivity contribution in [3.8, 4) is 0 Å². The van der Waals surface area contributed by atoms with E-state index in [0.29, 0.717) is 0 Å². The molecule has 1 saturated heterocycles. The number of ketones is 2. The van der Waals surface area contributed by atoms with Gasteiger partial charge in [0.1, 0.15) is 6.10 Å². The molecule has 210 valence electrons. The fourth-order valence-corrected chi connectivity index (χ4v) is 7.11. The molecule has 0 aromatic carbocycles. The number of esters is 2. The van der Waals surface area contributed by atoms with Crippen molar-refractivity contribution < 1.29 is 48.8 Å². The summed E-state index contributed by atoms with van der Waals surface area (Å²) in [6.45, 7) is 4.01. The highest BCUT2D eigenvalue weighted by Gasteiger charge is 2.74. The van der Waals surface area contributed by atoms with E-state index in [9.17, 15) is 34.2 Å². The Labute approximate surface area is 226 Å². The average Bonchev–Trinajstić information content (AvgIpc) is 3.13. The fourth-order valence-electron chi connectivity index (χ4n) is 7.11. The van der Waals surface area contributed by atoms with Gasteiger partial charge in [0.15, 0.2) is 17.3 Å². The number of ether oxygens (including phenoxy) is 2. The number of cyclic esters (lactones) is 1. The molecule has 1 heterocycles. The summed E-state index contributed by atoms with van der Waals surface area (Å²) >= 11 is 0. The fraction of sp³-hybridized carbons (Fsp3) is 0.552. The predicted molar refractivity (Wildman–Crippen MR) is 136 cm³/mol. The molecule has 2 saturated carbocycles. The molecule has 3 fully saturated rings. The van der Waals surface area contributed by atoms with Gasteiger partial charge in [0.05, 0.1) is 12.7 Å². The van der Waals surface area contributed by atoms with E-state index in [1.165, 1.54) is 25.2 Å². The summed E-state index contributed by atoms with van der Waals surface area (Å²) in [6.07, 6.45) is 9.58. The van der Waals surface area contributed by atoms with E-state index in [1.54, 1.807) is 26.0 Å². The highest BCUT2D eigenvalue weighted by Crippen LogP contribution is 2.62. The number of aliphatic hydroxyl groups is 2. The number of rotatable bonds is 6. The van der Waals surface area contributed by atoms with Gasteiger partial charge >= 0.3 is 17.9 Å². The van der Waals surface area contributed by atoms with Gasteiger partial charge in [-0.25, -0.2) is 4.79 Å². The Morgan fingerprint density at radius 3 is 2.44 bits per heavy atom. The first kappa shape index (κ1) is 28.6. The van der Waals surface area contributed by atoms with Crippen molar-refractivity contribution in [2.45, 2.75) is 51.9 Å². The first-order valence-electron chi connectivity index (χ1n) is 13.1. The molecule has 4 aliphatic rings. The molecular formula is C29H34O10. The van der Waals surface area contributed by atoms with Crippen LogP contribution in [0, 0.1) is 40.4 Å². The number of Topliss-reactive ketones (excluding diaryl/α,β-unsaturated/α-hetero) is 2. The minimum Gasteiger partial charge on any atom is -0.478 e. The third-order valence-electron chi connectivity index (χ3n) is 9.14. The number of carboxylic acids is 1. The second-order valence-corrected chi connectivity index (χ2v) is 11.1. The van der Waals surface area contributed by atoms with Gasteiger partial charge in [0, 0.05) is 36.2 Å². The number of carbonyl (C=O) groups excluding carboxylic acids is 4. The zero-order chi connectivity index (χ0) is 28.7. The van der Waals surface area contributed by atoms with Gasteiger partial charge in [-0.3, -0.25) is 19.2 Å². The Kier molecular flexibility index (Phi) is 7.82. The first-order valence-corrected chi connectivity index (χ1v) is 13.1. The second-order valence-electron chi connectivity index (χ2n) is 11.1. The molecule has 10 heteroatoms. The van der Waals surface area contributed by atoms with Crippen molar-refractivity contribution >= 4 is 29.5 Å². The lowest BCUT2D eigenvalue weighted by Gasteiger charge is -2.58. The molecular weight excluding hydrogens is 508 g/mol. The van der Waals surface area contributed by atoms with E-state index < -0.39 is 88.9 Å². The van der Waals surface area contributed by atoms with Crippen LogP contribution in [0.25, 0.3) is 0 Å². The number of hydrogen-bond donors (Lipinski definition) is 3. The van der Waals surface area contributed by atoms with Crippen LogP contribution in [0.1, 0.15) is 33.6 Å². The van der Waals surface area contributed by atoms with Gasteiger partial charge in [-0.05, 0) is 24.7 Å². The number of aliphatic carboxylic acids is 1. The van der Waals surface area contributed by atoms with Crippen molar-refractivity contribution in [1.82, 2.24) is 0 Å². The summed E-state index contributed by atoms with van der Waals surface area (Å²) < 4.78 is 10.7. The Morgan fingerprint density at radius 2 is 1.82 bits per heavy atom. The van der Waals surface area contributed by atoms with Crippen LogP contribution in [0.5, 0.6) is 0 Å². The molecule has 3 N–H and O–H groups in total. The molecule has 1 spiro atoms. The Bertz CT molecular complexity index is 1180. The van der Waals surface area contributed by atoms with E-state index >= 15 is 0 Å². The molecule has 39 heavy (non-hydrogen) atoms. The van der Waals surface area contributed by atoms with Gasteiger partial charge in [0.2, 0.25) is 5.78 Å². The zero-order valence-corrected chi connectivity index (χ0v) is 22.1. The van der Waals surface area contributed by atoms with E-state index in [1.807, 2.05) is 12.2 Å². The number of hydrogen-bond acceptors (Lipinski definition) is 9. The summed E-state index contributed by atoms with van der Waals surface area (Å²) in [5.41, 5.74) is -3.44. The lowest BCUT2D eigenvalue weighted by Crippen LogP contribution is -2.66. The van der Waals surface area contributed by atoms with E-state index in [2.05, 4.69) is 0 Å². The van der Waals surface area contributed by atoms with E-state index in [-0.39, 0.29) is 18.8 Å². The SMILES string of the molecule is CC(=O)O[C@@H]1C[C@H]2[C@@H](C=C[C@H]3C[C@@H](/C=C/C=C/C=C/C(=O)O)C4(C(=O)OC(CO)C4=O)C(=O)[C@@]32C)[C@H](O)[C@H]1C. The highest BCUT2D eigenvalue weighted by molar-refractivity contribution is 6.28. The molecule has 0 aromatic heterocycles. The second kappa shape index (κ2) is 10.7. The summed E-state index contributed by atoms with van der Waals surface area (Å²) in [4.78, 5) is 64.2. The number of allylic oxidation sites excluding steroid dienone is 6. The van der Waals surface area contributed by atoms with Crippen molar-refractivity contribution in [3.05, 3.63) is 48.6 Å². The quantitative estimate of drug-likeness (QED) is 0.147. The zero-order valence-electron chi connectivity index (χ0n) is 22.1. The van der Waals surface area contributed by atoms with Crippen LogP contribution in [0.15, 0.2) is 48.6 Å². The molecule has 0 amide bonds. The van der Waals surface area contributed by atoms with Crippen molar-refractivity contribution in [3.63, 3.8) is 0 Å². The maximum atomic E-state index is 14.6. The minimum atomic E-state index is -2.18. The van der Waals surface area contributed by atoms with Crippen LogP contribution in [0.2, 0.25) is 0 Å². The summed E-state index contributed by atoms with van der Waals surface area (Å²) in [6, 6.07) is 0. The molecule has 4 rings (SSSR count). The molecule has 0 aromatic rings. The molecule has 10 atom stereocenters. The number of aliphatic hydroxyl groups excluding tert-OH is 2. The molecule has 0 bridgehead atoms. The standard InChI is InChI=1S/C29H34O10/c1-15-21(38-16(2)31)13-20-19(24(15)34)11-10-17-12-18(8-6-4-5-7-9-23(32)33)29(26(36)28(17,20)3)25(35)22(14-30)39-27(29)37/h4-11,15,17-22,24,30,34H,12-14H2,1-3H3,(H,32,33)/b5-4+,8-6+,9-7+/t15-,17-,18+,19+,20-,21+,22?,24+,28-,29?/m0/s1. The largest absolute Gasteiger partial charge is 0.478 e. The Balaban J connectivity index is 1.78. The Hall–Kier alpha value is -3.37. The van der Waals surface area contributed by atoms with Gasteiger partial charge in [0.25, 0.3) is 0 Å².